The summed E-state index contributed by atoms with van der Waals surface area (Å²) in [6.45, 7) is 0. The molecule has 2 aromatic rings. The van der Waals surface area contributed by atoms with Gasteiger partial charge in [-0.15, -0.1) is 5.10 Å². The second-order valence-corrected chi connectivity index (χ2v) is 5.89. The van der Waals surface area contributed by atoms with Gasteiger partial charge < -0.3 is 0 Å². The number of aromatic nitrogens is 5. The lowest BCUT2D eigenvalue weighted by molar-refractivity contribution is 0.423. The van der Waals surface area contributed by atoms with E-state index >= 15 is 0 Å². The Labute approximate surface area is 120 Å². The average molecular weight is 296 g/mol. The molecule has 1 aliphatic rings. The summed E-state index contributed by atoms with van der Waals surface area (Å²) >= 11 is 7.66. The Kier molecular flexibility index (Phi) is 3.98. The van der Waals surface area contributed by atoms with Crippen LogP contribution >= 0.6 is 23.4 Å². The largest absolute Gasteiger partial charge is 0.244 e. The second kappa shape index (κ2) is 5.88. The van der Waals surface area contributed by atoms with Crippen molar-refractivity contribution in [2.24, 2.45) is 0 Å². The van der Waals surface area contributed by atoms with Gasteiger partial charge in [0, 0.05) is 11.9 Å². The first-order valence-corrected chi connectivity index (χ1v) is 7.71. The minimum atomic E-state index is 0.460. The fraction of sp³-hybridized carbons (Fsp3) is 0.500. The first-order chi connectivity index (χ1) is 9.34. The summed E-state index contributed by atoms with van der Waals surface area (Å²) in [5.41, 5.74) is 1.01. The maximum Gasteiger partial charge on any atom is 0.209 e. The molecule has 0 unspecified atom stereocenters. The molecule has 1 fully saturated rings. The van der Waals surface area contributed by atoms with Crippen LogP contribution in [0.5, 0.6) is 0 Å². The van der Waals surface area contributed by atoms with Crippen molar-refractivity contribution in [1.82, 2.24) is 25.2 Å². The van der Waals surface area contributed by atoms with Crippen molar-refractivity contribution in [1.29, 1.82) is 0 Å². The Morgan fingerprint density at radius 2 is 2.21 bits per heavy atom. The highest BCUT2D eigenvalue weighted by molar-refractivity contribution is 7.98. The third kappa shape index (κ3) is 2.90. The van der Waals surface area contributed by atoms with Gasteiger partial charge in [0.05, 0.1) is 6.04 Å². The van der Waals surface area contributed by atoms with E-state index in [1.165, 1.54) is 25.7 Å². The van der Waals surface area contributed by atoms with Gasteiger partial charge in [0.2, 0.25) is 5.16 Å². The van der Waals surface area contributed by atoms with Crippen LogP contribution in [0, 0.1) is 0 Å². The molecule has 0 spiro atoms. The molecule has 5 nitrogen and oxygen atoms in total. The van der Waals surface area contributed by atoms with E-state index in [0.717, 1.165) is 16.5 Å². The molecule has 0 aromatic carbocycles. The number of pyridine rings is 1. The fourth-order valence-corrected chi connectivity index (χ4v) is 3.52. The van der Waals surface area contributed by atoms with Crippen molar-refractivity contribution in [3.8, 4) is 0 Å². The topological polar surface area (TPSA) is 56.5 Å². The number of halogens is 1. The zero-order chi connectivity index (χ0) is 13.1. The summed E-state index contributed by atoms with van der Waals surface area (Å²) in [5, 5.41) is 13.4. The van der Waals surface area contributed by atoms with E-state index in [1.54, 1.807) is 18.0 Å². The molecule has 0 bridgehead atoms. The Bertz CT molecular complexity index is 553. The maximum atomic E-state index is 6.05. The van der Waals surface area contributed by atoms with Gasteiger partial charge in [-0.1, -0.05) is 42.3 Å². The molecule has 100 valence electrons. The molecule has 0 saturated heterocycles. The lowest BCUT2D eigenvalue weighted by Crippen LogP contribution is -2.08. The number of hydrogen-bond acceptors (Lipinski definition) is 5. The van der Waals surface area contributed by atoms with Crippen LogP contribution in [0.25, 0.3) is 0 Å². The van der Waals surface area contributed by atoms with Crippen LogP contribution < -0.4 is 0 Å². The van der Waals surface area contributed by atoms with Crippen LogP contribution in [0.3, 0.4) is 0 Å². The molecule has 1 saturated carbocycles. The number of nitrogens with zero attached hydrogens (tertiary/aromatic N) is 5. The van der Waals surface area contributed by atoms with Crippen LogP contribution in [0.4, 0.5) is 0 Å². The zero-order valence-electron chi connectivity index (χ0n) is 10.4. The molecule has 0 amide bonds. The standard InChI is InChI=1S/C12H14ClN5S/c13-11-9(4-3-7-14-11)8-19-12-15-16-17-18(12)10-5-1-2-6-10/h3-4,7,10H,1-2,5-6,8H2. The summed E-state index contributed by atoms with van der Waals surface area (Å²) in [7, 11) is 0. The number of hydrogen-bond donors (Lipinski definition) is 0. The third-order valence-electron chi connectivity index (χ3n) is 3.33. The lowest BCUT2D eigenvalue weighted by atomic mass is 10.3. The van der Waals surface area contributed by atoms with Gasteiger partial charge >= 0.3 is 0 Å². The van der Waals surface area contributed by atoms with E-state index in [2.05, 4.69) is 20.5 Å². The highest BCUT2D eigenvalue weighted by atomic mass is 35.5. The van der Waals surface area contributed by atoms with E-state index in [4.69, 9.17) is 11.6 Å². The molecule has 0 N–H and O–H groups in total. The monoisotopic (exact) mass is 295 g/mol. The predicted molar refractivity (Wildman–Crippen MR) is 74.1 cm³/mol. The predicted octanol–water partition coefficient (Wildman–Crippen LogP) is 3.13. The summed E-state index contributed by atoms with van der Waals surface area (Å²) in [6.07, 6.45) is 6.57. The minimum absolute atomic E-state index is 0.460. The van der Waals surface area contributed by atoms with Gasteiger partial charge in [-0.3, -0.25) is 0 Å². The van der Waals surface area contributed by atoms with Gasteiger partial charge in [0.25, 0.3) is 0 Å². The van der Waals surface area contributed by atoms with Crippen molar-refractivity contribution in [2.45, 2.75) is 42.6 Å². The smallest absolute Gasteiger partial charge is 0.209 e. The van der Waals surface area contributed by atoms with Crippen LogP contribution in [0.15, 0.2) is 23.5 Å². The van der Waals surface area contributed by atoms with E-state index in [0.29, 0.717) is 11.2 Å². The lowest BCUT2D eigenvalue weighted by Gasteiger charge is -2.10. The molecule has 3 rings (SSSR count). The number of tetrazole rings is 1. The molecule has 0 atom stereocenters. The molecule has 19 heavy (non-hydrogen) atoms. The first kappa shape index (κ1) is 12.9. The van der Waals surface area contributed by atoms with Crippen molar-refractivity contribution in [3.05, 3.63) is 29.0 Å². The van der Waals surface area contributed by atoms with Gasteiger partial charge in [-0.25, -0.2) is 9.67 Å². The van der Waals surface area contributed by atoms with E-state index in [1.807, 2.05) is 16.8 Å². The Morgan fingerprint density at radius 3 is 3.00 bits per heavy atom. The fourth-order valence-electron chi connectivity index (χ4n) is 2.33. The van der Waals surface area contributed by atoms with E-state index in [9.17, 15) is 0 Å². The Hall–Kier alpha value is -1.14. The SMILES string of the molecule is Clc1ncccc1CSc1nnnn1C1CCCC1. The van der Waals surface area contributed by atoms with Crippen LogP contribution in [-0.2, 0) is 5.75 Å². The Balaban J connectivity index is 1.70. The van der Waals surface area contributed by atoms with E-state index < -0.39 is 0 Å². The third-order valence-corrected chi connectivity index (χ3v) is 4.65. The van der Waals surface area contributed by atoms with Gasteiger partial charge in [0.15, 0.2) is 0 Å². The van der Waals surface area contributed by atoms with Gasteiger partial charge in [-0.05, 0) is 34.9 Å². The quantitative estimate of drug-likeness (QED) is 0.641. The highest BCUT2D eigenvalue weighted by Gasteiger charge is 2.21. The molecule has 7 heteroatoms. The molecule has 2 aromatic heterocycles. The van der Waals surface area contributed by atoms with E-state index in [-0.39, 0.29) is 0 Å². The van der Waals surface area contributed by atoms with Gasteiger partial charge in [-0.2, -0.15) is 0 Å². The maximum absolute atomic E-state index is 6.05. The first-order valence-electron chi connectivity index (χ1n) is 6.34. The molecule has 2 heterocycles. The summed E-state index contributed by atoms with van der Waals surface area (Å²) in [5.74, 6) is 0.736. The summed E-state index contributed by atoms with van der Waals surface area (Å²) in [4.78, 5) is 4.07. The molecular weight excluding hydrogens is 282 g/mol. The van der Waals surface area contributed by atoms with Crippen LogP contribution in [-0.4, -0.2) is 25.2 Å². The molecule has 0 radical (unpaired) electrons. The highest BCUT2D eigenvalue weighted by Crippen LogP contribution is 2.32. The normalized spacial score (nSPS) is 16.1. The van der Waals surface area contributed by atoms with Crippen molar-refractivity contribution < 1.29 is 0 Å². The summed E-state index contributed by atoms with van der Waals surface area (Å²) < 4.78 is 1.96. The van der Waals surface area contributed by atoms with Crippen molar-refractivity contribution in [3.63, 3.8) is 0 Å². The average Bonchev–Trinajstić information content (AvgIpc) is 3.08. The van der Waals surface area contributed by atoms with Gasteiger partial charge in [0.1, 0.15) is 5.15 Å². The molecule has 1 aliphatic carbocycles. The second-order valence-electron chi connectivity index (χ2n) is 4.59. The molecule has 0 aliphatic heterocycles. The minimum Gasteiger partial charge on any atom is -0.244 e. The Morgan fingerprint density at radius 1 is 1.37 bits per heavy atom. The summed E-state index contributed by atoms with van der Waals surface area (Å²) in [6, 6.07) is 4.33. The van der Waals surface area contributed by atoms with Crippen LogP contribution in [0.1, 0.15) is 37.3 Å². The van der Waals surface area contributed by atoms with Crippen LogP contribution in [0.2, 0.25) is 5.15 Å². The zero-order valence-corrected chi connectivity index (χ0v) is 11.9. The number of rotatable bonds is 4. The molecular formula is C12H14ClN5S. The van der Waals surface area contributed by atoms with Crippen molar-refractivity contribution in [2.75, 3.05) is 0 Å². The number of thioether (sulfide) groups is 1. The van der Waals surface area contributed by atoms with Crippen molar-refractivity contribution >= 4 is 23.4 Å².